The molecule has 0 radical (unpaired) electrons. The third kappa shape index (κ3) is 1.37. The van der Waals surface area contributed by atoms with Gasteiger partial charge in [0.05, 0.1) is 32.0 Å². The van der Waals surface area contributed by atoms with Crippen LogP contribution >= 0.6 is 0 Å². The van der Waals surface area contributed by atoms with Gasteiger partial charge in [0.25, 0.3) is 0 Å². The maximum absolute atomic E-state index is 5.71. The normalized spacial score (nSPS) is 52.0. The van der Waals surface area contributed by atoms with Gasteiger partial charge in [-0.3, -0.25) is 0 Å². The first kappa shape index (κ1) is 7.30. The molecule has 12 heavy (non-hydrogen) atoms. The first-order valence-electron chi connectivity index (χ1n) is 4.78. The van der Waals surface area contributed by atoms with Crippen molar-refractivity contribution in [3.05, 3.63) is 0 Å². The lowest BCUT2D eigenvalue weighted by atomic mass is 9.95. The molecule has 3 aliphatic rings. The first-order chi connectivity index (χ1) is 5.93. The van der Waals surface area contributed by atoms with E-state index in [1.807, 2.05) is 0 Å². The Balaban J connectivity index is 1.51. The average molecular weight is 170 g/mol. The highest BCUT2D eigenvalue weighted by Crippen LogP contribution is 2.33. The van der Waals surface area contributed by atoms with Crippen molar-refractivity contribution < 1.29 is 14.2 Å². The van der Waals surface area contributed by atoms with Gasteiger partial charge in [0.15, 0.2) is 0 Å². The highest BCUT2D eigenvalue weighted by atomic mass is 16.6. The third-order valence-corrected chi connectivity index (χ3v) is 3.01. The van der Waals surface area contributed by atoms with Gasteiger partial charge in [-0.1, -0.05) is 0 Å². The summed E-state index contributed by atoms with van der Waals surface area (Å²) in [5, 5.41) is 0. The Hall–Kier alpha value is -0.120. The zero-order valence-electron chi connectivity index (χ0n) is 7.07. The van der Waals surface area contributed by atoms with Crippen LogP contribution in [0.2, 0.25) is 0 Å². The summed E-state index contributed by atoms with van der Waals surface area (Å²) in [6.45, 7) is 2.75. The maximum Gasteiger partial charge on any atom is 0.107 e. The van der Waals surface area contributed by atoms with Gasteiger partial charge in [-0.15, -0.1) is 0 Å². The van der Waals surface area contributed by atoms with E-state index in [1.165, 1.54) is 6.42 Å². The highest BCUT2D eigenvalue weighted by molar-refractivity contribution is 4.88. The zero-order valence-corrected chi connectivity index (χ0v) is 7.07. The average Bonchev–Trinajstić information content (AvgIpc) is 2.98. The Morgan fingerprint density at radius 1 is 0.667 bits per heavy atom. The van der Waals surface area contributed by atoms with Crippen molar-refractivity contribution in [1.29, 1.82) is 0 Å². The molecule has 3 nitrogen and oxygen atoms in total. The summed E-state index contributed by atoms with van der Waals surface area (Å²) in [5.74, 6) is 0.667. The molecule has 4 unspecified atom stereocenters. The predicted octanol–water partition coefficient (Wildman–Crippen LogP) is 0.579. The molecule has 0 aromatic rings. The van der Waals surface area contributed by atoms with E-state index >= 15 is 0 Å². The fourth-order valence-electron chi connectivity index (χ4n) is 1.98. The van der Waals surface area contributed by atoms with Crippen LogP contribution in [0.3, 0.4) is 0 Å². The molecule has 3 rings (SSSR count). The minimum Gasteiger partial charge on any atom is -0.375 e. The largest absolute Gasteiger partial charge is 0.375 e. The lowest BCUT2D eigenvalue weighted by Gasteiger charge is -2.26. The van der Waals surface area contributed by atoms with Gasteiger partial charge in [-0.2, -0.15) is 0 Å². The second-order valence-corrected chi connectivity index (χ2v) is 3.95. The van der Waals surface area contributed by atoms with E-state index in [4.69, 9.17) is 14.2 Å². The lowest BCUT2D eigenvalue weighted by Crippen LogP contribution is -2.32. The van der Waals surface area contributed by atoms with Crippen molar-refractivity contribution in [1.82, 2.24) is 0 Å². The van der Waals surface area contributed by atoms with Crippen molar-refractivity contribution in [2.45, 2.75) is 31.2 Å². The molecule has 0 aromatic heterocycles. The predicted molar refractivity (Wildman–Crippen MR) is 41.9 cm³/mol. The summed E-state index contributed by atoms with van der Waals surface area (Å²) in [4.78, 5) is 0. The molecule has 3 saturated heterocycles. The first-order valence-corrected chi connectivity index (χ1v) is 4.78. The van der Waals surface area contributed by atoms with Crippen molar-refractivity contribution >= 4 is 0 Å². The van der Waals surface area contributed by atoms with Crippen LogP contribution in [0, 0.1) is 5.92 Å². The van der Waals surface area contributed by atoms with Gasteiger partial charge in [-0.25, -0.2) is 0 Å². The quantitative estimate of drug-likeness (QED) is 0.568. The van der Waals surface area contributed by atoms with E-state index < -0.39 is 0 Å². The highest BCUT2D eigenvalue weighted by Gasteiger charge is 2.41. The van der Waals surface area contributed by atoms with Crippen molar-refractivity contribution in [3.63, 3.8) is 0 Å². The molecule has 0 saturated carbocycles. The van der Waals surface area contributed by atoms with Crippen LogP contribution in [0.15, 0.2) is 0 Å². The Bertz CT molecular complexity index is 147. The van der Waals surface area contributed by atoms with Gasteiger partial charge in [0, 0.05) is 5.92 Å². The summed E-state index contributed by atoms with van der Waals surface area (Å²) in [6.07, 6.45) is 3.75. The van der Waals surface area contributed by atoms with Gasteiger partial charge in [-0.05, 0) is 12.8 Å². The van der Waals surface area contributed by atoms with Crippen molar-refractivity contribution in [2.75, 3.05) is 19.8 Å². The van der Waals surface area contributed by atoms with Gasteiger partial charge in [0.2, 0.25) is 0 Å². The SMILES string of the molecule is C1CC(C2CO2)OCC1C1CO1. The van der Waals surface area contributed by atoms with Crippen molar-refractivity contribution in [3.8, 4) is 0 Å². The fraction of sp³-hybridized carbons (Fsp3) is 1.00. The molecule has 0 N–H and O–H groups in total. The molecule has 0 spiro atoms. The monoisotopic (exact) mass is 170 g/mol. The molecule has 3 aliphatic heterocycles. The van der Waals surface area contributed by atoms with E-state index in [1.54, 1.807) is 0 Å². The molecule has 3 heteroatoms. The molecule has 3 heterocycles. The third-order valence-electron chi connectivity index (χ3n) is 3.01. The Morgan fingerprint density at radius 2 is 1.33 bits per heavy atom. The molecule has 0 aromatic carbocycles. The van der Waals surface area contributed by atoms with E-state index in [2.05, 4.69) is 0 Å². The maximum atomic E-state index is 5.71. The van der Waals surface area contributed by atoms with Crippen LogP contribution < -0.4 is 0 Å². The summed E-state index contributed by atoms with van der Waals surface area (Å²) in [6, 6.07) is 0. The summed E-state index contributed by atoms with van der Waals surface area (Å²) in [7, 11) is 0. The minimum absolute atomic E-state index is 0.389. The van der Waals surface area contributed by atoms with Crippen LogP contribution in [0.1, 0.15) is 12.8 Å². The van der Waals surface area contributed by atoms with E-state index in [0.29, 0.717) is 24.2 Å². The number of hydrogen-bond donors (Lipinski definition) is 0. The molecule has 3 fully saturated rings. The molecule has 4 atom stereocenters. The second-order valence-electron chi connectivity index (χ2n) is 3.95. The molecule has 68 valence electrons. The summed E-state index contributed by atoms with van der Waals surface area (Å²) >= 11 is 0. The molecular weight excluding hydrogens is 156 g/mol. The topological polar surface area (TPSA) is 34.3 Å². The summed E-state index contributed by atoms with van der Waals surface area (Å²) in [5.41, 5.74) is 0. The van der Waals surface area contributed by atoms with Crippen LogP contribution in [0.4, 0.5) is 0 Å². The number of epoxide rings is 2. The fourth-order valence-corrected chi connectivity index (χ4v) is 1.98. The van der Waals surface area contributed by atoms with Crippen LogP contribution in [-0.4, -0.2) is 38.1 Å². The van der Waals surface area contributed by atoms with Crippen LogP contribution in [0.25, 0.3) is 0 Å². The Morgan fingerprint density at radius 3 is 1.83 bits per heavy atom. The molecule has 0 aliphatic carbocycles. The standard InChI is InChI=1S/C9H14O3/c1-2-7(9-5-12-9)10-3-6(1)8-4-11-8/h6-9H,1-5H2. The zero-order chi connectivity index (χ0) is 7.97. The van der Waals surface area contributed by atoms with E-state index in [9.17, 15) is 0 Å². The van der Waals surface area contributed by atoms with Gasteiger partial charge >= 0.3 is 0 Å². The number of ether oxygens (including phenoxy) is 3. The molecule has 0 amide bonds. The van der Waals surface area contributed by atoms with Crippen LogP contribution in [-0.2, 0) is 14.2 Å². The Labute approximate surface area is 72.0 Å². The molecule has 0 bridgehead atoms. The van der Waals surface area contributed by atoms with Gasteiger partial charge < -0.3 is 14.2 Å². The van der Waals surface area contributed by atoms with Crippen LogP contribution in [0.5, 0.6) is 0 Å². The van der Waals surface area contributed by atoms with E-state index in [-0.39, 0.29) is 0 Å². The number of rotatable bonds is 2. The Kier molecular flexibility index (Phi) is 1.63. The molecular formula is C9H14O3. The second kappa shape index (κ2) is 2.69. The van der Waals surface area contributed by atoms with Crippen molar-refractivity contribution in [2.24, 2.45) is 5.92 Å². The van der Waals surface area contributed by atoms with Gasteiger partial charge in [0.1, 0.15) is 6.10 Å². The smallest absolute Gasteiger partial charge is 0.107 e. The number of hydrogen-bond acceptors (Lipinski definition) is 3. The lowest BCUT2D eigenvalue weighted by molar-refractivity contribution is -0.0351. The van der Waals surface area contributed by atoms with E-state index in [0.717, 1.165) is 26.2 Å². The summed E-state index contributed by atoms with van der Waals surface area (Å²) < 4.78 is 16.2. The minimum atomic E-state index is 0.389.